The predicted molar refractivity (Wildman–Crippen MR) is 124 cm³/mol. The number of rotatable bonds is 3. The van der Waals surface area contributed by atoms with E-state index in [1.807, 2.05) is 4.90 Å². The zero-order chi connectivity index (χ0) is 21.4. The molecular weight excluding hydrogens is 382 g/mol. The van der Waals surface area contributed by atoms with Crippen molar-refractivity contribution in [1.82, 2.24) is 14.8 Å². The number of benzene rings is 2. The quantitative estimate of drug-likeness (QED) is 0.549. The van der Waals surface area contributed by atoms with Gasteiger partial charge in [-0.3, -0.25) is 0 Å². The lowest BCUT2D eigenvalue weighted by Gasteiger charge is -2.32. The lowest BCUT2D eigenvalue weighted by molar-refractivity contribution is 0.176. The number of hydrogen-bond acceptors (Lipinski definition) is 1. The largest absolute Gasteiger partial charge is 0.335 e. The summed E-state index contributed by atoms with van der Waals surface area (Å²) >= 11 is 0. The molecule has 1 aromatic heterocycles. The average molecular weight is 414 g/mol. The maximum atomic E-state index is 13.6. The molecule has 0 saturated heterocycles. The summed E-state index contributed by atoms with van der Waals surface area (Å²) in [5.74, 6) is 0.484. The summed E-state index contributed by atoms with van der Waals surface area (Å²) in [5, 5.41) is 3.34. The Balaban J connectivity index is 1.60. The van der Waals surface area contributed by atoms with Crippen LogP contribution >= 0.6 is 0 Å². The lowest BCUT2D eigenvalue weighted by Crippen LogP contribution is -2.45. The number of aromatic nitrogens is 1. The van der Waals surface area contributed by atoms with Crippen LogP contribution in [0.15, 0.2) is 66.9 Å². The highest BCUT2D eigenvalue weighted by molar-refractivity contribution is 5.76. The number of hydrogen-bond donors (Lipinski definition) is 1. The van der Waals surface area contributed by atoms with Crippen LogP contribution in [0.3, 0.4) is 0 Å². The van der Waals surface area contributed by atoms with Gasteiger partial charge in [0.05, 0.1) is 18.3 Å². The Labute approximate surface area is 184 Å². The Morgan fingerprint density at radius 2 is 1.71 bits per heavy atom. The average Bonchev–Trinajstić information content (AvgIpc) is 3.44. The normalized spacial score (nSPS) is 18.5. The fourth-order valence-electron chi connectivity index (χ4n) is 5.08. The van der Waals surface area contributed by atoms with E-state index in [9.17, 15) is 4.79 Å². The molecule has 2 aliphatic rings. The van der Waals surface area contributed by atoms with Crippen molar-refractivity contribution >= 4 is 6.03 Å². The molecule has 2 aromatic carbocycles. The highest BCUT2D eigenvalue weighted by Crippen LogP contribution is 2.37. The van der Waals surface area contributed by atoms with Gasteiger partial charge in [0.25, 0.3) is 0 Å². The van der Waals surface area contributed by atoms with Gasteiger partial charge >= 0.3 is 6.03 Å². The van der Waals surface area contributed by atoms with Crippen LogP contribution in [0.2, 0.25) is 0 Å². The third-order valence-electron chi connectivity index (χ3n) is 6.83. The zero-order valence-electron chi connectivity index (χ0n) is 18.4. The van der Waals surface area contributed by atoms with Crippen LogP contribution in [0.4, 0.5) is 4.79 Å². The second-order valence-corrected chi connectivity index (χ2v) is 9.21. The molecule has 2 heterocycles. The summed E-state index contributed by atoms with van der Waals surface area (Å²) in [7, 11) is 0. The summed E-state index contributed by atoms with van der Waals surface area (Å²) in [6.45, 7) is 5.01. The standard InChI is InChI=1S/C27H31N3O/c1-19(2)20-13-15-21(16-14-20)26-25-12-7-17-29(25)24-11-6-3-8-22(24)18-30(26)27(31)28-23-9-4-5-10-23/h3,6-8,11-17,19,23,26H,4-5,9-10,18H2,1-2H3,(H,28,31). The molecule has 2 amide bonds. The molecule has 31 heavy (non-hydrogen) atoms. The molecule has 0 spiro atoms. The molecule has 1 N–H and O–H groups in total. The van der Waals surface area contributed by atoms with Gasteiger partial charge in [-0.15, -0.1) is 0 Å². The molecule has 5 rings (SSSR count). The van der Waals surface area contributed by atoms with Crippen molar-refractivity contribution in [2.75, 3.05) is 0 Å². The van der Waals surface area contributed by atoms with Gasteiger partial charge in [-0.2, -0.15) is 0 Å². The van der Waals surface area contributed by atoms with Gasteiger partial charge in [0.2, 0.25) is 0 Å². The number of carbonyl (C=O) groups excluding carboxylic acids is 1. The number of para-hydroxylation sites is 1. The van der Waals surface area contributed by atoms with Gasteiger partial charge in [0.15, 0.2) is 0 Å². The monoisotopic (exact) mass is 413 g/mol. The van der Waals surface area contributed by atoms with E-state index >= 15 is 0 Å². The SMILES string of the molecule is CC(C)c1ccc(C2c3cccn3-c3ccccc3CN2C(=O)NC2CCCC2)cc1. The van der Waals surface area contributed by atoms with E-state index in [1.165, 1.54) is 24.0 Å². The van der Waals surface area contributed by atoms with E-state index in [1.54, 1.807) is 0 Å². The minimum Gasteiger partial charge on any atom is -0.335 e. The molecular formula is C27H31N3O. The Morgan fingerprint density at radius 3 is 2.45 bits per heavy atom. The molecule has 4 nitrogen and oxygen atoms in total. The topological polar surface area (TPSA) is 37.3 Å². The number of fused-ring (bicyclic) bond motifs is 3. The molecule has 0 bridgehead atoms. The minimum absolute atomic E-state index is 0.0364. The summed E-state index contributed by atoms with van der Waals surface area (Å²) in [5.41, 5.74) is 5.92. The number of nitrogens with one attached hydrogen (secondary N) is 1. The van der Waals surface area contributed by atoms with Gasteiger partial charge in [-0.05, 0) is 53.6 Å². The Morgan fingerprint density at radius 1 is 0.968 bits per heavy atom. The van der Waals surface area contributed by atoms with E-state index < -0.39 is 0 Å². The molecule has 1 saturated carbocycles. The van der Waals surface area contributed by atoms with Crippen LogP contribution < -0.4 is 5.32 Å². The maximum Gasteiger partial charge on any atom is 0.318 e. The third-order valence-corrected chi connectivity index (χ3v) is 6.83. The Kier molecular flexibility index (Phi) is 5.31. The molecule has 160 valence electrons. The zero-order valence-corrected chi connectivity index (χ0v) is 18.4. The number of urea groups is 1. The van der Waals surface area contributed by atoms with Crippen molar-refractivity contribution in [3.63, 3.8) is 0 Å². The smallest absolute Gasteiger partial charge is 0.318 e. The van der Waals surface area contributed by atoms with Crippen LogP contribution in [0.1, 0.15) is 73.9 Å². The number of amides is 2. The number of carbonyl (C=O) groups is 1. The summed E-state index contributed by atoms with van der Waals surface area (Å²) in [6.07, 6.45) is 6.69. The molecule has 1 atom stereocenters. The first-order valence-electron chi connectivity index (χ1n) is 11.5. The van der Waals surface area contributed by atoms with Crippen molar-refractivity contribution in [3.05, 3.63) is 89.2 Å². The van der Waals surface area contributed by atoms with Gasteiger partial charge in [-0.1, -0.05) is 69.2 Å². The maximum absolute atomic E-state index is 13.6. The third kappa shape index (κ3) is 3.76. The van der Waals surface area contributed by atoms with E-state index in [4.69, 9.17) is 0 Å². The summed E-state index contributed by atoms with van der Waals surface area (Å²) in [6, 6.07) is 21.7. The molecule has 1 fully saturated rings. The van der Waals surface area contributed by atoms with Gasteiger partial charge in [-0.25, -0.2) is 4.79 Å². The van der Waals surface area contributed by atoms with E-state index in [0.29, 0.717) is 18.5 Å². The molecule has 0 radical (unpaired) electrons. The molecule has 3 aromatic rings. The van der Waals surface area contributed by atoms with Crippen molar-refractivity contribution in [3.8, 4) is 5.69 Å². The van der Waals surface area contributed by atoms with E-state index in [0.717, 1.165) is 29.8 Å². The molecule has 1 aliphatic heterocycles. The van der Waals surface area contributed by atoms with Crippen molar-refractivity contribution < 1.29 is 4.79 Å². The van der Waals surface area contributed by atoms with Gasteiger partial charge in [0, 0.05) is 17.9 Å². The summed E-state index contributed by atoms with van der Waals surface area (Å²) < 4.78 is 2.25. The first-order chi connectivity index (χ1) is 15.1. The summed E-state index contributed by atoms with van der Waals surface area (Å²) in [4.78, 5) is 15.6. The lowest BCUT2D eigenvalue weighted by atomic mass is 9.97. The van der Waals surface area contributed by atoms with Crippen molar-refractivity contribution in [1.29, 1.82) is 0 Å². The van der Waals surface area contributed by atoms with Crippen LogP contribution in [0, 0.1) is 0 Å². The van der Waals surface area contributed by atoms with Crippen LogP contribution in [-0.2, 0) is 6.54 Å². The second kappa shape index (κ2) is 8.26. The van der Waals surface area contributed by atoms with Crippen LogP contribution in [0.25, 0.3) is 5.69 Å². The molecule has 1 aliphatic carbocycles. The van der Waals surface area contributed by atoms with Crippen LogP contribution in [-0.4, -0.2) is 21.5 Å². The Hall–Kier alpha value is -3.01. The first kappa shape index (κ1) is 19.9. The van der Waals surface area contributed by atoms with E-state index in [-0.39, 0.29) is 12.1 Å². The first-order valence-corrected chi connectivity index (χ1v) is 11.5. The van der Waals surface area contributed by atoms with Crippen LogP contribution in [0.5, 0.6) is 0 Å². The predicted octanol–water partition coefficient (Wildman–Crippen LogP) is 6.16. The molecule has 4 heteroatoms. The highest BCUT2D eigenvalue weighted by atomic mass is 16.2. The van der Waals surface area contributed by atoms with Gasteiger partial charge in [0.1, 0.15) is 0 Å². The van der Waals surface area contributed by atoms with Crippen molar-refractivity contribution in [2.24, 2.45) is 0 Å². The van der Waals surface area contributed by atoms with E-state index in [2.05, 4.69) is 90.6 Å². The Bertz CT molecular complexity index is 1060. The second-order valence-electron chi connectivity index (χ2n) is 9.21. The van der Waals surface area contributed by atoms with Crippen molar-refractivity contribution in [2.45, 2.75) is 64.1 Å². The molecule has 1 unspecified atom stereocenters. The fraction of sp³-hybridized carbons (Fsp3) is 0.370. The van der Waals surface area contributed by atoms with Gasteiger partial charge < -0.3 is 14.8 Å². The minimum atomic E-state index is -0.134. The fourth-order valence-corrected chi connectivity index (χ4v) is 5.08. The number of nitrogens with zero attached hydrogens (tertiary/aromatic N) is 2. The highest BCUT2D eigenvalue weighted by Gasteiger charge is 2.34.